The van der Waals surface area contributed by atoms with Gasteiger partial charge in [-0.2, -0.15) is 0 Å². The number of fused-ring (bicyclic) bond motifs is 5. The molecule has 0 heterocycles. The first-order valence-electron chi connectivity index (χ1n) is 11.6. The van der Waals surface area contributed by atoms with Gasteiger partial charge in [0.15, 0.2) is 0 Å². The number of ether oxygens (including phenoxy) is 1. The molecule has 8 unspecified atom stereocenters. The van der Waals surface area contributed by atoms with Crippen LogP contribution in [0.1, 0.15) is 85.5 Å². The molecule has 4 aliphatic carbocycles. The second-order valence-corrected chi connectivity index (χ2v) is 10.7. The maximum Gasteiger partial charge on any atom is 0.0494 e. The fraction of sp³-hybridized carbons (Fsp3) is 1.00. The van der Waals surface area contributed by atoms with Gasteiger partial charge in [-0.05, 0) is 117 Å². The van der Waals surface area contributed by atoms with Crippen molar-refractivity contribution in [1.82, 2.24) is 0 Å². The molecule has 4 saturated carbocycles. The van der Waals surface area contributed by atoms with Gasteiger partial charge in [0.05, 0.1) is 0 Å². The maximum absolute atomic E-state index is 5.76. The van der Waals surface area contributed by atoms with E-state index in [1.807, 2.05) is 0 Å². The minimum Gasteiger partial charge on any atom is -0.381 e. The highest BCUT2D eigenvalue weighted by Crippen LogP contribution is 2.65. The van der Waals surface area contributed by atoms with Gasteiger partial charge in [0.25, 0.3) is 0 Å². The Morgan fingerprint density at radius 3 is 2.48 bits per heavy atom. The molecule has 0 aromatic rings. The van der Waals surface area contributed by atoms with Gasteiger partial charge in [-0.15, -0.1) is 0 Å². The lowest BCUT2D eigenvalue weighted by Crippen LogP contribution is -2.49. The average Bonchev–Trinajstić information content (AvgIpc) is 2.97. The van der Waals surface area contributed by atoms with E-state index in [0.29, 0.717) is 5.41 Å². The topological polar surface area (TPSA) is 9.23 Å². The Hall–Kier alpha value is -0.0400. The molecule has 0 spiro atoms. The van der Waals surface area contributed by atoms with Crippen molar-refractivity contribution >= 4 is 0 Å². The van der Waals surface area contributed by atoms with Crippen molar-refractivity contribution in [2.45, 2.75) is 85.5 Å². The summed E-state index contributed by atoms with van der Waals surface area (Å²) in [5, 5.41) is 0. The third kappa shape index (κ3) is 3.11. The first-order valence-corrected chi connectivity index (χ1v) is 11.6. The average molecular weight is 347 g/mol. The SMILES string of the molecule is CCOCC1CCC2C(CCC3C2CCC2(C)C(C(C)C)CCC32)C1. The van der Waals surface area contributed by atoms with E-state index in [1.54, 1.807) is 19.3 Å². The van der Waals surface area contributed by atoms with Crippen LogP contribution in [0.25, 0.3) is 0 Å². The van der Waals surface area contributed by atoms with Crippen LogP contribution in [0.4, 0.5) is 0 Å². The van der Waals surface area contributed by atoms with Crippen LogP contribution >= 0.6 is 0 Å². The second kappa shape index (κ2) is 7.17. The zero-order chi connectivity index (χ0) is 17.6. The van der Waals surface area contributed by atoms with E-state index in [0.717, 1.165) is 60.6 Å². The first kappa shape index (κ1) is 18.3. The summed E-state index contributed by atoms with van der Waals surface area (Å²) in [6, 6.07) is 0. The van der Waals surface area contributed by atoms with Gasteiger partial charge in [0, 0.05) is 13.2 Å². The molecule has 0 aromatic heterocycles. The Labute approximate surface area is 156 Å². The van der Waals surface area contributed by atoms with Crippen molar-refractivity contribution in [3.63, 3.8) is 0 Å². The van der Waals surface area contributed by atoms with Crippen LogP contribution < -0.4 is 0 Å². The van der Waals surface area contributed by atoms with Gasteiger partial charge in [0.2, 0.25) is 0 Å². The van der Waals surface area contributed by atoms with E-state index >= 15 is 0 Å². The van der Waals surface area contributed by atoms with Crippen LogP contribution in [-0.4, -0.2) is 13.2 Å². The zero-order valence-electron chi connectivity index (χ0n) is 17.3. The molecule has 8 atom stereocenters. The Balaban J connectivity index is 1.44. The Morgan fingerprint density at radius 1 is 0.920 bits per heavy atom. The fourth-order valence-corrected chi connectivity index (χ4v) is 8.52. The molecule has 25 heavy (non-hydrogen) atoms. The van der Waals surface area contributed by atoms with Crippen LogP contribution in [0, 0.1) is 52.8 Å². The summed E-state index contributed by atoms with van der Waals surface area (Å²) >= 11 is 0. The quantitative estimate of drug-likeness (QED) is 0.560. The van der Waals surface area contributed by atoms with Gasteiger partial charge in [-0.1, -0.05) is 20.8 Å². The summed E-state index contributed by atoms with van der Waals surface area (Å²) < 4.78 is 5.76. The van der Waals surface area contributed by atoms with Crippen molar-refractivity contribution in [2.24, 2.45) is 52.8 Å². The predicted molar refractivity (Wildman–Crippen MR) is 105 cm³/mol. The molecule has 4 rings (SSSR count). The molecular weight excluding hydrogens is 304 g/mol. The van der Waals surface area contributed by atoms with Gasteiger partial charge in [-0.3, -0.25) is 0 Å². The minimum atomic E-state index is 0.675. The normalized spacial score (nSPS) is 49.6. The second-order valence-electron chi connectivity index (χ2n) is 10.7. The minimum absolute atomic E-state index is 0.675. The summed E-state index contributed by atoms with van der Waals surface area (Å²) in [6.07, 6.45) is 13.7. The summed E-state index contributed by atoms with van der Waals surface area (Å²) in [6.45, 7) is 11.7. The maximum atomic E-state index is 5.76. The van der Waals surface area contributed by atoms with E-state index < -0.39 is 0 Å². The van der Waals surface area contributed by atoms with Gasteiger partial charge in [-0.25, -0.2) is 0 Å². The predicted octanol–water partition coefficient (Wildman–Crippen LogP) is 6.56. The molecule has 0 saturated heterocycles. The summed E-state index contributed by atoms with van der Waals surface area (Å²) in [5.41, 5.74) is 0.675. The van der Waals surface area contributed by atoms with E-state index in [2.05, 4.69) is 27.7 Å². The number of rotatable bonds is 4. The van der Waals surface area contributed by atoms with E-state index in [4.69, 9.17) is 4.74 Å². The van der Waals surface area contributed by atoms with Crippen LogP contribution in [-0.2, 0) is 4.74 Å². The van der Waals surface area contributed by atoms with Crippen LogP contribution in [0.2, 0.25) is 0 Å². The smallest absolute Gasteiger partial charge is 0.0494 e. The molecule has 1 nitrogen and oxygen atoms in total. The van der Waals surface area contributed by atoms with Crippen molar-refractivity contribution in [3.05, 3.63) is 0 Å². The van der Waals surface area contributed by atoms with Crippen molar-refractivity contribution < 1.29 is 4.74 Å². The Kier molecular flexibility index (Phi) is 5.26. The molecule has 0 amide bonds. The van der Waals surface area contributed by atoms with Crippen molar-refractivity contribution in [1.29, 1.82) is 0 Å². The molecule has 0 bridgehead atoms. The Morgan fingerprint density at radius 2 is 1.72 bits per heavy atom. The molecule has 0 N–H and O–H groups in total. The summed E-state index contributed by atoms with van der Waals surface area (Å²) in [7, 11) is 0. The fourth-order valence-electron chi connectivity index (χ4n) is 8.52. The van der Waals surface area contributed by atoms with Crippen molar-refractivity contribution in [3.8, 4) is 0 Å². The summed E-state index contributed by atoms with van der Waals surface area (Å²) in [5.74, 6) is 8.06. The highest BCUT2D eigenvalue weighted by atomic mass is 16.5. The lowest BCUT2D eigenvalue weighted by Gasteiger charge is -2.56. The lowest BCUT2D eigenvalue weighted by molar-refractivity contribution is -0.0770. The van der Waals surface area contributed by atoms with Crippen molar-refractivity contribution in [2.75, 3.05) is 13.2 Å². The standard InChI is InChI=1S/C24H42O/c1-5-25-15-17-6-8-19-18(14-17)7-9-21-20(19)12-13-24(4)22(16(2)3)10-11-23(21)24/h16-23H,5-15H2,1-4H3. The van der Waals surface area contributed by atoms with Gasteiger partial charge >= 0.3 is 0 Å². The summed E-state index contributed by atoms with van der Waals surface area (Å²) in [4.78, 5) is 0. The lowest BCUT2D eigenvalue weighted by atomic mass is 9.49. The highest BCUT2D eigenvalue weighted by Gasteiger charge is 2.57. The highest BCUT2D eigenvalue weighted by molar-refractivity contribution is 5.06. The Bertz CT molecular complexity index is 457. The van der Waals surface area contributed by atoms with Crippen LogP contribution in [0.15, 0.2) is 0 Å². The molecular formula is C24H42O. The molecule has 144 valence electrons. The molecule has 4 aliphatic rings. The largest absolute Gasteiger partial charge is 0.381 e. The number of hydrogen-bond acceptors (Lipinski definition) is 1. The van der Waals surface area contributed by atoms with Crippen LogP contribution in [0.3, 0.4) is 0 Å². The molecule has 1 heteroatoms. The monoisotopic (exact) mass is 346 g/mol. The van der Waals surface area contributed by atoms with E-state index in [9.17, 15) is 0 Å². The molecule has 0 aliphatic heterocycles. The van der Waals surface area contributed by atoms with E-state index in [-0.39, 0.29) is 0 Å². The van der Waals surface area contributed by atoms with E-state index in [1.165, 1.54) is 38.5 Å². The molecule has 0 aromatic carbocycles. The number of hydrogen-bond donors (Lipinski definition) is 0. The molecule has 0 radical (unpaired) electrons. The van der Waals surface area contributed by atoms with Gasteiger partial charge in [0.1, 0.15) is 0 Å². The van der Waals surface area contributed by atoms with Crippen LogP contribution in [0.5, 0.6) is 0 Å². The van der Waals surface area contributed by atoms with Gasteiger partial charge < -0.3 is 4.74 Å². The zero-order valence-corrected chi connectivity index (χ0v) is 17.3. The molecule has 4 fully saturated rings. The third-order valence-electron chi connectivity index (χ3n) is 9.50. The third-order valence-corrected chi connectivity index (χ3v) is 9.50. The first-order chi connectivity index (χ1) is 12.0.